The van der Waals surface area contributed by atoms with E-state index in [0.717, 1.165) is 63.6 Å². The van der Waals surface area contributed by atoms with E-state index in [1.165, 1.54) is 12.8 Å². The van der Waals surface area contributed by atoms with Crippen molar-refractivity contribution in [3.05, 3.63) is 75.7 Å². The lowest BCUT2D eigenvalue weighted by Gasteiger charge is -2.53. The number of H-pyrrole nitrogens is 1. The first-order valence-electron chi connectivity index (χ1n) is 15.9. The van der Waals surface area contributed by atoms with E-state index < -0.39 is 0 Å². The molecule has 3 aliphatic heterocycles. The zero-order valence-corrected chi connectivity index (χ0v) is 27.5. The van der Waals surface area contributed by atoms with E-state index in [1.54, 1.807) is 10.9 Å². The van der Waals surface area contributed by atoms with Crippen LogP contribution < -0.4 is 15.4 Å². The van der Waals surface area contributed by atoms with Crippen LogP contribution >= 0.6 is 0 Å². The van der Waals surface area contributed by atoms with Crippen LogP contribution in [0.15, 0.2) is 51.9 Å². The maximum absolute atomic E-state index is 12.4. The van der Waals surface area contributed by atoms with Crippen molar-refractivity contribution in [2.45, 2.75) is 45.3 Å². The minimum Gasteiger partial charge on any atom is -0.483 e. The third-order valence-corrected chi connectivity index (χ3v) is 8.91. The highest BCUT2D eigenvalue weighted by atomic mass is 16.6. The maximum atomic E-state index is 12.4. The van der Waals surface area contributed by atoms with Crippen LogP contribution in [0.1, 0.15) is 42.4 Å². The number of rotatable bonds is 2. The van der Waals surface area contributed by atoms with E-state index >= 15 is 0 Å². The fourth-order valence-corrected chi connectivity index (χ4v) is 6.35. The van der Waals surface area contributed by atoms with E-state index in [9.17, 15) is 4.79 Å². The van der Waals surface area contributed by atoms with Gasteiger partial charge in [0.1, 0.15) is 28.2 Å². The minimum atomic E-state index is -0.306. The lowest BCUT2D eigenvalue weighted by molar-refractivity contribution is -0.228. The van der Waals surface area contributed by atoms with Gasteiger partial charge in [-0.05, 0) is 51.8 Å². The molecule has 1 aromatic carbocycles. The van der Waals surface area contributed by atoms with Crippen molar-refractivity contribution >= 4 is 40.0 Å². The van der Waals surface area contributed by atoms with Gasteiger partial charge in [-0.15, -0.1) is 0 Å². The Bertz CT molecular complexity index is 2050. The molecule has 48 heavy (non-hydrogen) atoms. The normalized spacial score (nSPS) is 18.0. The van der Waals surface area contributed by atoms with Gasteiger partial charge in [0, 0.05) is 50.0 Å². The molecule has 13 heteroatoms. The summed E-state index contributed by atoms with van der Waals surface area (Å²) < 4.78 is 19.0. The Hall–Kier alpha value is -5.19. The van der Waals surface area contributed by atoms with Gasteiger partial charge in [-0.1, -0.05) is 24.0 Å². The van der Waals surface area contributed by atoms with Gasteiger partial charge in [-0.3, -0.25) is 14.3 Å². The first-order chi connectivity index (χ1) is 23.2. The third-order valence-electron chi connectivity index (χ3n) is 8.91. The van der Waals surface area contributed by atoms with Crippen LogP contribution in [0, 0.1) is 25.7 Å². The molecule has 1 atom stereocenters. The second-order valence-electron chi connectivity index (χ2n) is 12.1. The molecule has 3 aliphatic rings. The van der Waals surface area contributed by atoms with Crippen LogP contribution in [0.2, 0.25) is 0 Å². The maximum Gasteiger partial charge on any atom is 0.290 e. The summed E-state index contributed by atoms with van der Waals surface area (Å²) in [5.41, 5.74) is 5.39. The second kappa shape index (κ2) is 13.9. The van der Waals surface area contributed by atoms with Crippen molar-refractivity contribution in [2.24, 2.45) is 7.05 Å². The van der Waals surface area contributed by atoms with Crippen molar-refractivity contribution < 1.29 is 23.8 Å². The first-order valence-corrected chi connectivity index (χ1v) is 15.9. The average molecular weight is 654 g/mol. The van der Waals surface area contributed by atoms with E-state index in [1.807, 2.05) is 51.4 Å². The second-order valence-corrected chi connectivity index (χ2v) is 12.1. The predicted molar refractivity (Wildman–Crippen MR) is 181 cm³/mol. The van der Waals surface area contributed by atoms with Crippen LogP contribution in [0.3, 0.4) is 0 Å². The van der Waals surface area contributed by atoms with Crippen LogP contribution in [0.25, 0.3) is 22.1 Å². The van der Waals surface area contributed by atoms with Crippen molar-refractivity contribution in [1.29, 1.82) is 0 Å². The molecule has 1 spiro atoms. The number of nitrogens with one attached hydrogen (secondary N) is 1. The number of carbonyl (C=O) groups is 1. The number of pyridine rings is 1. The number of aryl methyl sites for hydroxylation is 3. The molecular weight excluding hydrogens is 614 g/mol. The molecule has 250 valence electrons. The van der Waals surface area contributed by atoms with E-state index in [-0.39, 0.29) is 23.7 Å². The molecule has 0 saturated carbocycles. The quantitative estimate of drug-likeness (QED) is 0.211. The third kappa shape index (κ3) is 6.49. The number of hydrogen-bond acceptors (Lipinski definition) is 10. The molecule has 1 unspecified atom stereocenters. The van der Waals surface area contributed by atoms with Crippen molar-refractivity contribution in [3.63, 3.8) is 0 Å². The molecule has 2 N–H and O–H groups in total. The molecule has 4 aromatic heterocycles. The van der Waals surface area contributed by atoms with Crippen molar-refractivity contribution in [3.8, 4) is 11.8 Å². The summed E-state index contributed by atoms with van der Waals surface area (Å²) >= 11 is 0. The van der Waals surface area contributed by atoms with Crippen LogP contribution in [0.5, 0.6) is 0 Å². The molecular formula is C35H39N7O6. The van der Waals surface area contributed by atoms with Gasteiger partial charge in [-0.2, -0.15) is 5.10 Å². The van der Waals surface area contributed by atoms with Gasteiger partial charge in [0.2, 0.25) is 0 Å². The molecule has 0 aliphatic carbocycles. The summed E-state index contributed by atoms with van der Waals surface area (Å²) in [7, 11) is 1.87. The highest BCUT2D eigenvalue weighted by Gasteiger charge is 2.50. The predicted octanol–water partition coefficient (Wildman–Crippen LogP) is 3.80. The van der Waals surface area contributed by atoms with Crippen LogP contribution in [-0.4, -0.2) is 87.4 Å². The Labute approximate surface area is 277 Å². The number of para-hydroxylation sites is 1. The molecule has 7 heterocycles. The standard InChI is InChI=1S/C19H22N4O3.C15H15N3O.CH2O2/c1-13-16(10-22(3)21-13)5-4-15-8-17(18(24)20-9-15)23-6-7-26-19(14(23)2)11-25-12-19;1-10-16-13-11-6-2-3-7-12(11)19-14(13)15(17-10)18-8-4-5-9-18;2-1-3/h8-10,14H,6-7,11-12H2,1-3H3,(H,20,24);2-3,6-7H,4-5,8-9H2,1H3;1H,(H,2,3). The molecule has 5 aromatic rings. The van der Waals surface area contributed by atoms with Gasteiger partial charge < -0.3 is 33.8 Å². The number of aromatic nitrogens is 5. The Morgan fingerprint density at radius 2 is 1.85 bits per heavy atom. The highest BCUT2D eigenvalue weighted by molar-refractivity contribution is 6.05. The van der Waals surface area contributed by atoms with Crippen LogP contribution in [-0.2, 0) is 21.3 Å². The zero-order chi connectivity index (χ0) is 33.8. The number of hydrogen-bond donors (Lipinski definition) is 2. The summed E-state index contributed by atoms with van der Waals surface area (Å²) in [5, 5.41) is 12.3. The number of benzene rings is 1. The molecule has 0 radical (unpaired) electrons. The molecule has 3 fully saturated rings. The number of furan rings is 1. The SMILES string of the molecule is Cc1nc(N2CCCC2)c2oc3ccccc3c2n1.Cc1nn(C)cc1C#Cc1c[nH]c(=O)c(N2CCOC3(COC3)C2C)c1.O=CO. The zero-order valence-electron chi connectivity index (χ0n) is 27.5. The summed E-state index contributed by atoms with van der Waals surface area (Å²) in [6.07, 6.45) is 5.99. The fraction of sp³-hybridized carbons (Fsp3) is 0.400. The molecule has 13 nitrogen and oxygen atoms in total. The van der Waals surface area contributed by atoms with Crippen LogP contribution in [0.4, 0.5) is 11.5 Å². The average Bonchev–Trinajstić information content (AvgIpc) is 3.80. The monoisotopic (exact) mass is 653 g/mol. The molecule has 3 saturated heterocycles. The van der Waals surface area contributed by atoms with Gasteiger partial charge in [0.25, 0.3) is 12.0 Å². The Morgan fingerprint density at radius 3 is 2.54 bits per heavy atom. The number of ether oxygens (including phenoxy) is 2. The fourth-order valence-electron chi connectivity index (χ4n) is 6.35. The molecule has 0 bridgehead atoms. The summed E-state index contributed by atoms with van der Waals surface area (Å²) in [6, 6.07) is 9.97. The van der Waals surface area contributed by atoms with E-state index in [0.29, 0.717) is 32.1 Å². The lowest BCUT2D eigenvalue weighted by atomic mass is 9.90. The Kier molecular flexibility index (Phi) is 9.47. The van der Waals surface area contributed by atoms with Crippen molar-refractivity contribution in [2.75, 3.05) is 49.3 Å². The van der Waals surface area contributed by atoms with Crippen molar-refractivity contribution in [1.82, 2.24) is 24.7 Å². The number of carboxylic acid groups (broad SMARTS) is 1. The number of aromatic amines is 1. The topological polar surface area (TPSA) is 152 Å². The summed E-state index contributed by atoms with van der Waals surface area (Å²) in [4.78, 5) is 37.2. The smallest absolute Gasteiger partial charge is 0.290 e. The number of nitrogens with zero attached hydrogens (tertiary/aromatic N) is 6. The van der Waals surface area contributed by atoms with Gasteiger partial charge in [-0.25, -0.2) is 9.97 Å². The largest absolute Gasteiger partial charge is 0.483 e. The first kappa shape index (κ1) is 32.7. The Morgan fingerprint density at radius 1 is 1.10 bits per heavy atom. The summed E-state index contributed by atoms with van der Waals surface area (Å²) in [6.45, 7) is 10.2. The minimum absolute atomic E-state index is 0.0647. The summed E-state index contributed by atoms with van der Waals surface area (Å²) in [5.74, 6) is 8.02. The van der Waals surface area contributed by atoms with Gasteiger partial charge in [0.05, 0.1) is 37.1 Å². The molecule has 8 rings (SSSR count). The Balaban J connectivity index is 0.000000161. The van der Waals surface area contributed by atoms with E-state index in [4.69, 9.17) is 23.8 Å². The van der Waals surface area contributed by atoms with Gasteiger partial charge in [0.15, 0.2) is 11.4 Å². The number of morpholine rings is 1. The number of anilines is 2. The number of fused-ring (bicyclic) bond motifs is 3. The molecule has 0 amide bonds. The van der Waals surface area contributed by atoms with Gasteiger partial charge >= 0.3 is 0 Å². The highest BCUT2D eigenvalue weighted by Crippen LogP contribution is 2.35. The van der Waals surface area contributed by atoms with E-state index in [2.05, 4.69) is 54.7 Å². The lowest BCUT2D eigenvalue weighted by Crippen LogP contribution is -2.68.